The van der Waals surface area contributed by atoms with Gasteiger partial charge in [-0.25, -0.2) is 29.4 Å². The molecule has 5 heterocycles. The maximum atomic E-state index is 13.2. The number of pyridine rings is 1. The topological polar surface area (TPSA) is 118 Å². The van der Waals surface area contributed by atoms with Gasteiger partial charge in [0.05, 0.1) is 6.20 Å². The standard InChI is InChI=1S/C24H21F3N10O/c1-14-8-15(2-3-18(14)38-16-4-6-37-20(9-16)31-13-33-37)34-22-21-17(30-12-32-22)10-29-23(35-21)36-7-5-28-19(11-36)24(25,26)27/h2-4,6,8-10,12-13,19,28H,5,7,11H2,1H3,(H,30,32,34). The maximum Gasteiger partial charge on any atom is 0.405 e. The second-order valence-electron chi connectivity index (χ2n) is 8.75. The molecule has 5 aromatic rings. The van der Waals surface area contributed by atoms with Crippen LogP contribution in [0.3, 0.4) is 0 Å². The Hall–Kier alpha value is -4.59. The Bertz CT molecular complexity index is 1620. The van der Waals surface area contributed by atoms with E-state index in [1.165, 1.54) is 23.8 Å². The normalized spacial score (nSPS) is 16.2. The van der Waals surface area contributed by atoms with Gasteiger partial charge in [-0.3, -0.25) is 0 Å². The number of halogens is 3. The molecule has 1 aromatic carbocycles. The number of hydrogen-bond acceptors (Lipinski definition) is 10. The molecule has 0 spiro atoms. The Balaban J connectivity index is 1.24. The average molecular weight is 522 g/mol. The van der Waals surface area contributed by atoms with Crippen molar-refractivity contribution in [3.63, 3.8) is 0 Å². The van der Waals surface area contributed by atoms with Crippen molar-refractivity contribution in [1.29, 1.82) is 0 Å². The fourth-order valence-electron chi connectivity index (χ4n) is 4.20. The number of ether oxygens (including phenoxy) is 1. The highest BCUT2D eigenvalue weighted by molar-refractivity contribution is 5.87. The lowest BCUT2D eigenvalue weighted by atomic mass is 10.2. The first-order valence-corrected chi connectivity index (χ1v) is 11.7. The van der Waals surface area contributed by atoms with Crippen molar-refractivity contribution in [1.82, 2.24) is 39.9 Å². The molecule has 1 aliphatic heterocycles. The molecule has 38 heavy (non-hydrogen) atoms. The summed E-state index contributed by atoms with van der Waals surface area (Å²) in [4.78, 5) is 23.0. The Kier molecular flexibility index (Phi) is 5.87. The van der Waals surface area contributed by atoms with Crippen LogP contribution in [0.5, 0.6) is 11.5 Å². The lowest BCUT2D eigenvalue weighted by Gasteiger charge is -2.34. The number of anilines is 3. The summed E-state index contributed by atoms with van der Waals surface area (Å²) in [6, 6.07) is 7.49. The summed E-state index contributed by atoms with van der Waals surface area (Å²) in [7, 11) is 0. The minimum atomic E-state index is -4.36. The zero-order valence-electron chi connectivity index (χ0n) is 20.0. The largest absolute Gasteiger partial charge is 0.457 e. The molecule has 0 amide bonds. The van der Waals surface area contributed by atoms with Gasteiger partial charge in [0, 0.05) is 37.6 Å². The minimum absolute atomic E-state index is 0.169. The van der Waals surface area contributed by atoms with E-state index in [1.54, 1.807) is 22.8 Å². The van der Waals surface area contributed by atoms with E-state index in [2.05, 4.69) is 40.7 Å². The van der Waals surface area contributed by atoms with Crippen molar-refractivity contribution in [3.05, 3.63) is 60.9 Å². The van der Waals surface area contributed by atoms with Crippen LogP contribution in [0.25, 0.3) is 16.7 Å². The fourth-order valence-corrected chi connectivity index (χ4v) is 4.20. The van der Waals surface area contributed by atoms with E-state index in [1.807, 2.05) is 25.1 Å². The second-order valence-corrected chi connectivity index (χ2v) is 8.75. The van der Waals surface area contributed by atoms with E-state index in [0.717, 1.165) is 11.3 Å². The molecule has 0 saturated carbocycles. The summed E-state index contributed by atoms with van der Waals surface area (Å²) < 4.78 is 47.4. The number of hydrogen-bond donors (Lipinski definition) is 2. The highest BCUT2D eigenvalue weighted by Crippen LogP contribution is 2.30. The molecule has 1 atom stereocenters. The number of rotatable bonds is 5. The first-order valence-electron chi connectivity index (χ1n) is 11.7. The highest BCUT2D eigenvalue weighted by atomic mass is 19.4. The number of fused-ring (bicyclic) bond motifs is 2. The molecule has 6 rings (SSSR count). The zero-order chi connectivity index (χ0) is 26.3. The lowest BCUT2D eigenvalue weighted by molar-refractivity contribution is -0.155. The van der Waals surface area contributed by atoms with Gasteiger partial charge in [0.1, 0.15) is 41.2 Å². The van der Waals surface area contributed by atoms with Crippen LogP contribution in [0.2, 0.25) is 0 Å². The summed E-state index contributed by atoms with van der Waals surface area (Å²) in [5.41, 5.74) is 3.13. The molecule has 11 nitrogen and oxygen atoms in total. The molecule has 194 valence electrons. The molecule has 14 heteroatoms. The van der Waals surface area contributed by atoms with Gasteiger partial charge in [0.2, 0.25) is 5.95 Å². The third-order valence-corrected chi connectivity index (χ3v) is 6.14. The summed E-state index contributed by atoms with van der Waals surface area (Å²) in [5.74, 6) is 1.89. The van der Waals surface area contributed by atoms with Crippen LogP contribution in [0, 0.1) is 6.92 Å². The third kappa shape index (κ3) is 4.72. The van der Waals surface area contributed by atoms with Crippen LogP contribution < -0.4 is 20.3 Å². The number of benzene rings is 1. The molecular formula is C24H21F3N10O. The van der Waals surface area contributed by atoms with E-state index in [0.29, 0.717) is 40.5 Å². The van der Waals surface area contributed by atoms with E-state index in [4.69, 9.17) is 4.74 Å². The Morgan fingerprint density at radius 2 is 1.97 bits per heavy atom. The monoisotopic (exact) mass is 522 g/mol. The second kappa shape index (κ2) is 9.37. The van der Waals surface area contributed by atoms with Gasteiger partial charge in [0.15, 0.2) is 11.5 Å². The fraction of sp³-hybridized carbons (Fsp3) is 0.250. The van der Waals surface area contributed by atoms with E-state index < -0.39 is 12.2 Å². The summed E-state index contributed by atoms with van der Waals surface area (Å²) >= 11 is 0. The van der Waals surface area contributed by atoms with Gasteiger partial charge in [0.25, 0.3) is 0 Å². The molecule has 0 aliphatic carbocycles. The molecular weight excluding hydrogens is 501 g/mol. The predicted octanol–water partition coefficient (Wildman–Crippen LogP) is 3.65. The van der Waals surface area contributed by atoms with Gasteiger partial charge in [-0.15, -0.1) is 0 Å². The molecule has 1 fully saturated rings. The number of aryl methyl sites for hydroxylation is 1. The molecule has 1 unspecified atom stereocenters. The van der Waals surface area contributed by atoms with Crippen molar-refractivity contribution in [2.45, 2.75) is 19.1 Å². The van der Waals surface area contributed by atoms with Crippen molar-refractivity contribution in [2.24, 2.45) is 0 Å². The molecule has 0 bridgehead atoms. The molecule has 2 N–H and O–H groups in total. The van der Waals surface area contributed by atoms with Crippen LogP contribution in [-0.2, 0) is 0 Å². The Labute approximate surface area is 213 Å². The Morgan fingerprint density at radius 1 is 1.08 bits per heavy atom. The van der Waals surface area contributed by atoms with Gasteiger partial charge in [-0.1, -0.05) is 0 Å². The molecule has 1 saturated heterocycles. The summed E-state index contributed by atoms with van der Waals surface area (Å²) in [6.45, 7) is 2.15. The maximum absolute atomic E-state index is 13.2. The minimum Gasteiger partial charge on any atom is -0.457 e. The molecule has 1 aliphatic rings. The number of aromatic nitrogens is 7. The number of alkyl halides is 3. The first-order chi connectivity index (χ1) is 18.3. The SMILES string of the molecule is Cc1cc(Nc2ncnc3cnc(N4CCNC(C(F)(F)F)C4)nc23)ccc1Oc1ccn2ncnc2c1. The van der Waals surface area contributed by atoms with Crippen LogP contribution >= 0.6 is 0 Å². The number of nitrogens with zero attached hydrogens (tertiary/aromatic N) is 8. The predicted molar refractivity (Wildman–Crippen MR) is 133 cm³/mol. The van der Waals surface area contributed by atoms with Crippen LogP contribution in [0.15, 0.2) is 55.4 Å². The Morgan fingerprint density at radius 3 is 2.82 bits per heavy atom. The first kappa shape index (κ1) is 23.8. The van der Waals surface area contributed by atoms with Crippen molar-refractivity contribution in [3.8, 4) is 11.5 Å². The van der Waals surface area contributed by atoms with Crippen molar-refractivity contribution < 1.29 is 17.9 Å². The van der Waals surface area contributed by atoms with E-state index in [-0.39, 0.29) is 19.0 Å². The number of piperazine rings is 1. The van der Waals surface area contributed by atoms with Crippen LogP contribution in [0.1, 0.15) is 5.56 Å². The molecule has 0 radical (unpaired) electrons. The quantitative estimate of drug-likeness (QED) is 0.354. The van der Waals surface area contributed by atoms with Gasteiger partial charge >= 0.3 is 6.18 Å². The van der Waals surface area contributed by atoms with Crippen LogP contribution in [-0.4, -0.2) is 66.4 Å². The summed E-state index contributed by atoms with van der Waals surface area (Å²) in [6.07, 6.45) is 1.75. The highest BCUT2D eigenvalue weighted by Gasteiger charge is 2.42. The van der Waals surface area contributed by atoms with Gasteiger partial charge < -0.3 is 20.3 Å². The third-order valence-electron chi connectivity index (χ3n) is 6.14. The van der Waals surface area contributed by atoms with Crippen molar-refractivity contribution >= 4 is 34.1 Å². The smallest absolute Gasteiger partial charge is 0.405 e. The zero-order valence-corrected chi connectivity index (χ0v) is 20.0. The summed E-state index contributed by atoms with van der Waals surface area (Å²) in [5, 5.41) is 9.80. The molecule has 4 aromatic heterocycles. The number of nitrogens with one attached hydrogen (secondary N) is 2. The lowest BCUT2D eigenvalue weighted by Crippen LogP contribution is -2.57. The average Bonchev–Trinajstić information content (AvgIpc) is 3.38. The van der Waals surface area contributed by atoms with E-state index in [9.17, 15) is 13.2 Å². The van der Waals surface area contributed by atoms with Gasteiger partial charge in [-0.05, 0) is 36.8 Å². The van der Waals surface area contributed by atoms with Gasteiger partial charge in [-0.2, -0.15) is 18.3 Å². The van der Waals surface area contributed by atoms with Crippen LogP contribution in [0.4, 0.5) is 30.6 Å². The van der Waals surface area contributed by atoms with E-state index >= 15 is 0 Å². The van der Waals surface area contributed by atoms with Crippen molar-refractivity contribution in [2.75, 3.05) is 29.9 Å².